The Bertz CT molecular complexity index is 698. The van der Waals surface area contributed by atoms with E-state index in [4.69, 9.17) is 4.42 Å². The van der Waals surface area contributed by atoms with Gasteiger partial charge < -0.3 is 19.7 Å². The van der Waals surface area contributed by atoms with Crippen LogP contribution in [0.3, 0.4) is 0 Å². The molecule has 2 aromatic rings. The Morgan fingerprint density at radius 1 is 1.32 bits per heavy atom. The van der Waals surface area contributed by atoms with Crippen molar-refractivity contribution in [2.75, 3.05) is 6.54 Å². The predicted octanol–water partition coefficient (Wildman–Crippen LogP) is 3.95. The van der Waals surface area contributed by atoms with Gasteiger partial charge in [-0.25, -0.2) is 4.79 Å². The van der Waals surface area contributed by atoms with Gasteiger partial charge in [-0.05, 0) is 50.8 Å². The minimum absolute atomic E-state index is 0.0562. The number of amides is 2. The van der Waals surface area contributed by atoms with Crippen LogP contribution in [0.1, 0.15) is 55.4 Å². The van der Waals surface area contributed by atoms with Crippen LogP contribution in [0.25, 0.3) is 0 Å². The number of carbonyl (C=O) groups is 1. The molecule has 1 aliphatic heterocycles. The maximum atomic E-state index is 12.7. The van der Waals surface area contributed by atoms with Gasteiger partial charge in [0.2, 0.25) is 0 Å². The lowest BCUT2D eigenvalue weighted by Gasteiger charge is -2.28. The Balaban J connectivity index is 1.59. The number of nitrogens with zero attached hydrogens (tertiary/aromatic N) is 1. The first kappa shape index (κ1) is 17.5. The molecule has 0 aliphatic carbocycles. The number of benzene rings is 1. The average Bonchev–Trinajstić information content (AvgIpc) is 3.24. The summed E-state index contributed by atoms with van der Waals surface area (Å²) in [7, 11) is 0. The summed E-state index contributed by atoms with van der Waals surface area (Å²) in [5.74, 6) is 1.59. The third-order valence-corrected chi connectivity index (χ3v) is 4.85. The molecule has 3 unspecified atom stereocenters. The van der Waals surface area contributed by atoms with Crippen LogP contribution < -0.4 is 5.32 Å². The molecular formula is C20H26N2O3. The van der Waals surface area contributed by atoms with Gasteiger partial charge in [0.25, 0.3) is 0 Å². The van der Waals surface area contributed by atoms with Crippen molar-refractivity contribution in [2.24, 2.45) is 0 Å². The highest BCUT2D eigenvalue weighted by Crippen LogP contribution is 2.28. The number of likely N-dealkylation sites (tertiary alicyclic amines) is 1. The van der Waals surface area contributed by atoms with Gasteiger partial charge in [0.05, 0.1) is 12.1 Å². The summed E-state index contributed by atoms with van der Waals surface area (Å²) >= 11 is 0. The van der Waals surface area contributed by atoms with Gasteiger partial charge in [-0.15, -0.1) is 0 Å². The van der Waals surface area contributed by atoms with E-state index in [1.165, 1.54) is 0 Å². The lowest BCUT2D eigenvalue weighted by atomic mass is 10.0. The second-order valence-corrected chi connectivity index (χ2v) is 6.77. The third-order valence-electron chi connectivity index (χ3n) is 4.85. The highest BCUT2D eigenvalue weighted by molar-refractivity contribution is 5.75. The van der Waals surface area contributed by atoms with Crippen molar-refractivity contribution in [3.05, 3.63) is 59.5 Å². The number of hydrogen-bond donors (Lipinski definition) is 2. The molecule has 1 aromatic carbocycles. The molecule has 1 saturated heterocycles. The van der Waals surface area contributed by atoms with E-state index in [1.807, 2.05) is 61.2 Å². The van der Waals surface area contributed by atoms with Gasteiger partial charge in [0, 0.05) is 12.6 Å². The van der Waals surface area contributed by atoms with E-state index in [0.717, 1.165) is 36.5 Å². The summed E-state index contributed by atoms with van der Waals surface area (Å²) in [4.78, 5) is 14.5. The number of aliphatic hydroxyl groups excluding tert-OH is 1. The van der Waals surface area contributed by atoms with Gasteiger partial charge in [0.15, 0.2) is 0 Å². The maximum absolute atomic E-state index is 12.7. The molecule has 2 amide bonds. The summed E-state index contributed by atoms with van der Waals surface area (Å²) in [6.45, 7) is 4.53. The van der Waals surface area contributed by atoms with Crippen molar-refractivity contribution in [1.82, 2.24) is 10.2 Å². The fourth-order valence-electron chi connectivity index (χ4n) is 3.44. The molecule has 2 heterocycles. The van der Waals surface area contributed by atoms with E-state index in [2.05, 4.69) is 5.32 Å². The Labute approximate surface area is 148 Å². The molecule has 1 fully saturated rings. The van der Waals surface area contributed by atoms with E-state index in [0.29, 0.717) is 6.42 Å². The monoisotopic (exact) mass is 342 g/mol. The number of urea groups is 1. The molecule has 5 nitrogen and oxygen atoms in total. The second kappa shape index (κ2) is 7.74. The summed E-state index contributed by atoms with van der Waals surface area (Å²) in [6, 6.07) is 13.2. The Kier molecular flexibility index (Phi) is 5.43. The standard InChI is InChI=1S/C20H26N2O3/c1-14-10-11-19(25-14)15(2)21-20(24)22-12-6-9-17(22)13-18(23)16-7-4-3-5-8-16/h3-5,7-8,10-11,15,17-18,23H,6,9,12-13H2,1-2H3,(H,21,24). The van der Waals surface area contributed by atoms with Crippen LogP contribution in [0.4, 0.5) is 4.79 Å². The molecule has 0 bridgehead atoms. The molecule has 1 aromatic heterocycles. The number of carbonyl (C=O) groups excluding carboxylic acids is 1. The predicted molar refractivity (Wildman–Crippen MR) is 96.1 cm³/mol. The molecular weight excluding hydrogens is 316 g/mol. The van der Waals surface area contributed by atoms with Crippen molar-refractivity contribution in [1.29, 1.82) is 0 Å². The summed E-state index contributed by atoms with van der Waals surface area (Å²) in [5.41, 5.74) is 0.897. The minimum Gasteiger partial charge on any atom is -0.464 e. The molecule has 0 radical (unpaired) electrons. The molecule has 134 valence electrons. The number of hydrogen-bond acceptors (Lipinski definition) is 3. The number of rotatable bonds is 5. The Hall–Kier alpha value is -2.27. The van der Waals surface area contributed by atoms with Crippen LogP contribution in [-0.2, 0) is 0 Å². The van der Waals surface area contributed by atoms with E-state index in [-0.39, 0.29) is 18.1 Å². The van der Waals surface area contributed by atoms with E-state index >= 15 is 0 Å². The molecule has 2 N–H and O–H groups in total. The van der Waals surface area contributed by atoms with E-state index in [1.54, 1.807) is 0 Å². The highest BCUT2D eigenvalue weighted by atomic mass is 16.3. The number of aryl methyl sites for hydroxylation is 1. The SMILES string of the molecule is Cc1ccc(C(C)NC(=O)N2CCCC2CC(O)c2ccccc2)o1. The molecule has 1 aliphatic rings. The molecule has 3 atom stereocenters. The first-order chi connectivity index (χ1) is 12.0. The lowest BCUT2D eigenvalue weighted by Crippen LogP contribution is -2.44. The quantitative estimate of drug-likeness (QED) is 0.865. The van der Waals surface area contributed by atoms with Crippen LogP contribution >= 0.6 is 0 Å². The number of aliphatic hydroxyl groups is 1. The summed E-state index contributed by atoms with van der Waals surface area (Å²) in [5, 5.41) is 13.5. The van der Waals surface area contributed by atoms with E-state index < -0.39 is 6.10 Å². The fourth-order valence-corrected chi connectivity index (χ4v) is 3.44. The second-order valence-electron chi connectivity index (χ2n) is 6.77. The Morgan fingerprint density at radius 2 is 2.08 bits per heavy atom. The number of furan rings is 1. The first-order valence-electron chi connectivity index (χ1n) is 8.91. The summed E-state index contributed by atoms with van der Waals surface area (Å²) < 4.78 is 5.58. The largest absolute Gasteiger partial charge is 0.464 e. The average molecular weight is 342 g/mol. The van der Waals surface area contributed by atoms with Gasteiger partial charge in [-0.2, -0.15) is 0 Å². The zero-order valence-electron chi connectivity index (χ0n) is 14.8. The molecule has 0 saturated carbocycles. The maximum Gasteiger partial charge on any atom is 0.318 e. The molecule has 5 heteroatoms. The third kappa shape index (κ3) is 4.23. The van der Waals surface area contributed by atoms with Crippen molar-refractivity contribution in [3.8, 4) is 0 Å². The zero-order valence-corrected chi connectivity index (χ0v) is 14.8. The minimum atomic E-state index is -0.551. The fraction of sp³-hybridized carbons (Fsp3) is 0.450. The normalized spacial score (nSPS) is 19.6. The lowest BCUT2D eigenvalue weighted by molar-refractivity contribution is 0.125. The number of nitrogens with one attached hydrogen (secondary N) is 1. The van der Waals surface area contributed by atoms with Crippen molar-refractivity contribution < 1.29 is 14.3 Å². The van der Waals surface area contributed by atoms with Gasteiger partial charge >= 0.3 is 6.03 Å². The molecule has 0 spiro atoms. The van der Waals surface area contributed by atoms with Crippen LogP contribution in [0.15, 0.2) is 46.9 Å². The van der Waals surface area contributed by atoms with Gasteiger partial charge in [-0.1, -0.05) is 30.3 Å². The smallest absolute Gasteiger partial charge is 0.318 e. The Morgan fingerprint density at radius 3 is 2.76 bits per heavy atom. The summed E-state index contributed by atoms with van der Waals surface area (Å²) in [6.07, 6.45) is 1.90. The zero-order chi connectivity index (χ0) is 17.8. The van der Waals surface area contributed by atoms with Gasteiger partial charge in [-0.3, -0.25) is 0 Å². The van der Waals surface area contributed by atoms with Crippen molar-refractivity contribution >= 4 is 6.03 Å². The first-order valence-corrected chi connectivity index (χ1v) is 8.91. The topological polar surface area (TPSA) is 65.7 Å². The van der Waals surface area contributed by atoms with E-state index in [9.17, 15) is 9.90 Å². The van der Waals surface area contributed by atoms with Crippen molar-refractivity contribution in [2.45, 2.75) is 51.3 Å². The molecule has 3 rings (SSSR count). The van der Waals surface area contributed by atoms with Crippen molar-refractivity contribution in [3.63, 3.8) is 0 Å². The van der Waals surface area contributed by atoms with Crippen LogP contribution in [0.5, 0.6) is 0 Å². The highest BCUT2D eigenvalue weighted by Gasteiger charge is 2.31. The van der Waals surface area contributed by atoms with Crippen LogP contribution in [-0.4, -0.2) is 28.6 Å². The molecule has 25 heavy (non-hydrogen) atoms. The van der Waals surface area contributed by atoms with Crippen LogP contribution in [0.2, 0.25) is 0 Å². The van der Waals surface area contributed by atoms with Gasteiger partial charge in [0.1, 0.15) is 11.5 Å². The van der Waals surface area contributed by atoms with Crippen LogP contribution in [0, 0.1) is 6.92 Å².